The number of primary sulfonamides is 1. The Kier molecular flexibility index (Phi) is 5.36. The number of hydrogen-bond donors (Lipinski definition) is 2. The fourth-order valence-corrected chi connectivity index (χ4v) is 3.96. The van der Waals surface area contributed by atoms with Gasteiger partial charge in [-0.05, 0) is 48.4 Å². The van der Waals surface area contributed by atoms with E-state index in [2.05, 4.69) is 17.2 Å². The van der Waals surface area contributed by atoms with Crippen molar-refractivity contribution in [2.45, 2.75) is 18.2 Å². The number of halogens is 1. The second-order valence-corrected chi connectivity index (χ2v) is 8.26. The molecule has 0 aliphatic heterocycles. The Hall–Kier alpha value is -2.29. The Labute approximate surface area is 155 Å². The predicted octanol–water partition coefficient (Wildman–Crippen LogP) is 4.09. The number of anilines is 1. The lowest BCUT2D eigenvalue weighted by Crippen LogP contribution is -2.11. The van der Waals surface area contributed by atoms with Crippen molar-refractivity contribution in [2.75, 3.05) is 11.9 Å². The molecule has 0 spiro atoms. The second kappa shape index (κ2) is 7.53. The van der Waals surface area contributed by atoms with Gasteiger partial charge >= 0.3 is 0 Å². The molecule has 0 aliphatic carbocycles. The van der Waals surface area contributed by atoms with Gasteiger partial charge < -0.3 is 5.32 Å². The van der Waals surface area contributed by atoms with E-state index in [9.17, 15) is 12.8 Å². The maximum atomic E-state index is 13.3. The van der Waals surface area contributed by atoms with E-state index < -0.39 is 10.0 Å². The zero-order valence-corrected chi connectivity index (χ0v) is 15.7. The molecule has 0 atom stereocenters. The van der Waals surface area contributed by atoms with Crippen LogP contribution in [0.2, 0.25) is 0 Å². The molecule has 3 N–H and O–H groups in total. The summed E-state index contributed by atoms with van der Waals surface area (Å²) in [5.41, 5.74) is 2.33. The molecular weight excluding hydrogens is 373 g/mol. The number of aromatic nitrogens is 1. The van der Waals surface area contributed by atoms with Crippen LogP contribution in [0.3, 0.4) is 0 Å². The van der Waals surface area contributed by atoms with Crippen LogP contribution >= 0.6 is 11.3 Å². The SMILES string of the molecule is CCCNc1nc(-c2ccc(F)cc2)c(-c2ccc(S(N)(=O)=O)cc2)s1. The molecule has 0 saturated heterocycles. The monoisotopic (exact) mass is 391 g/mol. The Balaban J connectivity index is 2.06. The van der Waals surface area contributed by atoms with Gasteiger partial charge in [0, 0.05) is 12.1 Å². The number of thiazole rings is 1. The quantitative estimate of drug-likeness (QED) is 0.663. The molecule has 136 valence electrons. The first-order valence-corrected chi connectivity index (χ1v) is 10.4. The lowest BCUT2D eigenvalue weighted by atomic mass is 10.1. The highest BCUT2D eigenvalue weighted by molar-refractivity contribution is 7.89. The lowest BCUT2D eigenvalue weighted by Gasteiger charge is -2.04. The molecular formula is C18H18FN3O2S2. The first kappa shape index (κ1) is 18.5. The van der Waals surface area contributed by atoms with Gasteiger partial charge in [-0.2, -0.15) is 0 Å². The number of hydrogen-bond acceptors (Lipinski definition) is 5. The van der Waals surface area contributed by atoms with E-state index >= 15 is 0 Å². The fraction of sp³-hybridized carbons (Fsp3) is 0.167. The van der Waals surface area contributed by atoms with Crippen LogP contribution in [0.25, 0.3) is 21.7 Å². The summed E-state index contributed by atoms with van der Waals surface area (Å²) < 4.78 is 36.1. The third kappa shape index (κ3) is 4.09. The van der Waals surface area contributed by atoms with Crippen molar-refractivity contribution in [2.24, 2.45) is 5.14 Å². The molecule has 1 heterocycles. The summed E-state index contributed by atoms with van der Waals surface area (Å²) in [6.45, 7) is 2.86. The van der Waals surface area contributed by atoms with Crippen LogP contribution < -0.4 is 10.5 Å². The lowest BCUT2D eigenvalue weighted by molar-refractivity contribution is 0.598. The first-order valence-electron chi connectivity index (χ1n) is 8.02. The molecule has 5 nitrogen and oxygen atoms in total. The molecule has 0 amide bonds. The summed E-state index contributed by atoms with van der Waals surface area (Å²) in [5.74, 6) is -0.313. The molecule has 26 heavy (non-hydrogen) atoms. The topological polar surface area (TPSA) is 85.1 Å². The first-order chi connectivity index (χ1) is 12.4. The molecule has 2 aromatic carbocycles. The molecule has 0 radical (unpaired) electrons. The molecule has 3 aromatic rings. The van der Waals surface area contributed by atoms with Crippen LogP contribution in [-0.2, 0) is 10.0 Å². The molecule has 0 saturated carbocycles. The average molecular weight is 391 g/mol. The van der Waals surface area contributed by atoms with E-state index in [0.29, 0.717) is 0 Å². The van der Waals surface area contributed by atoms with Crippen molar-refractivity contribution < 1.29 is 12.8 Å². The minimum atomic E-state index is -3.74. The summed E-state index contributed by atoms with van der Waals surface area (Å²) in [6, 6.07) is 12.5. The van der Waals surface area contributed by atoms with Crippen molar-refractivity contribution >= 4 is 26.5 Å². The van der Waals surface area contributed by atoms with Crippen molar-refractivity contribution in [3.8, 4) is 21.7 Å². The van der Waals surface area contributed by atoms with E-state index in [1.54, 1.807) is 24.3 Å². The predicted molar refractivity (Wildman–Crippen MR) is 103 cm³/mol. The Morgan fingerprint density at radius 1 is 1.08 bits per heavy atom. The highest BCUT2D eigenvalue weighted by Crippen LogP contribution is 2.39. The normalized spacial score (nSPS) is 11.5. The Morgan fingerprint density at radius 3 is 2.27 bits per heavy atom. The minimum Gasteiger partial charge on any atom is -0.361 e. The van der Waals surface area contributed by atoms with Gasteiger partial charge in [0.2, 0.25) is 10.0 Å². The third-order valence-electron chi connectivity index (χ3n) is 3.72. The Bertz CT molecular complexity index is 998. The van der Waals surface area contributed by atoms with Crippen LogP contribution in [0.1, 0.15) is 13.3 Å². The summed E-state index contributed by atoms with van der Waals surface area (Å²) in [7, 11) is -3.74. The fourth-order valence-electron chi connectivity index (χ4n) is 2.42. The van der Waals surface area contributed by atoms with Crippen molar-refractivity contribution in [1.82, 2.24) is 4.98 Å². The number of rotatable bonds is 6. The van der Waals surface area contributed by atoms with E-state index in [1.807, 2.05) is 0 Å². The number of nitrogens with one attached hydrogen (secondary N) is 1. The molecule has 3 rings (SSSR count). The standard InChI is InChI=1S/C18H18FN3O2S2/c1-2-11-21-18-22-16(12-3-7-14(19)8-4-12)17(25-18)13-5-9-15(10-6-13)26(20,23)24/h3-10H,2,11H2,1H3,(H,21,22)(H2,20,23,24). The largest absolute Gasteiger partial charge is 0.361 e. The number of nitrogens with two attached hydrogens (primary N) is 1. The van der Waals surface area contributed by atoms with Crippen LogP contribution in [0.5, 0.6) is 0 Å². The maximum Gasteiger partial charge on any atom is 0.238 e. The third-order valence-corrected chi connectivity index (χ3v) is 5.71. The molecule has 1 aromatic heterocycles. The highest BCUT2D eigenvalue weighted by atomic mass is 32.2. The summed E-state index contributed by atoms with van der Waals surface area (Å²) >= 11 is 1.47. The second-order valence-electron chi connectivity index (χ2n) is 5.70. The number of nitrogens with zero attached hydrogens (tertiary/aromatic N) is 1. The van der Waals surface area contributed by atoms with Gasteiger partial charge in [-0.25, -0.2) is 22.9 Å². The van der Waals surface area contributed by atoms with Crippen LogP contribution in [-0.4, -0.2) is 19.9 Å². The van der Waals surface area contributed by atoms with Gasteiger partial charge in [-0.1, -0.05) is 30.4 Å². The molecule has 8 heteroatoms. The van der Waals surface area contributed by atoms with Crippen molar-refractivity contribution in [1.29, 1.82) is 0 Å². The van der Waals surface area contributed by atoms with E-state index in [4.69, 9.17) is 5.14 Å². The van der Waals surface area contributed by atoms with Gasteiger partial charge in [0.05, 0.1) is 15.5 Å². The summed E-state index contributed by atoms with van der Waals surface area (Å²) in [5, 5.41) is 9.18. The van der Waals surface area contributed by atoms with Gasteiger partial charge in [-0.3, -0.25) is 0 Å². The zero-order chi connectivity index (χ0) is 18.7. The summed E-state index contributed by atoms with van der Waals surface area (Å²) in [6.07, 6.45) is 0.962. The highest BCUT2D eigenvalue weighted by Gasteiger charge is 2.16. The molecule has 0 bridgehead atoms. The van der Waals surface area contributed by atoms with Gasteiger partial charge in [-0.15, -0.1) is 0 Å². The number of benzene rings is 2. The van der Waals surface area contributed by atoms with Crippen molar-refractivity contribution in [3.63, 3.8) is 0 Å². The van der Waals surface area contributed by atoms with E-state index in [0.717, 1.165) is 39.8 Å². The summed E-state index contributed by atoms with van der Waals surface area (Å²) in [4.78, 5) is 5.56. The molecule has 0 fully saturated rings. The van der Waals surface area contributed by atoms with Crippen LogP contribution in [0.15, 0.2) is 53.4 Å². The van der Waals surface area contributed by atoms with Crippen LogP contribution in [0, 0.1) is 5.82 Å². The van der Waals surface area contributed by atoms with E-state index in [1.165, 1.54) is 35.6 Å². The van der Waals surface area contributed by atoms with Crippen molar-refractivity contribution in [3.05, 3.63) is 54.3 Å². The maximum absolute atomic E-state index is 13.3. The van der Waals surface area contributed by atoms with Crippen LogP contribution in [0.4, 0.5) is 9.52 Å². The number of sulfonamides is 1. The molecule has 0 unspecified atom stereocenters. The Morgan fingerprint density at radius 2 is 1.69 bits per heavy atom. The minimum absolute atomic E-state index is 0.0541. The van der Waals surface area contributed by atoms with Gasteiger partial charge in [0.15, 0.2) is 5.13 Å². The smallest absolute Gasteiger partial charge is 0.238 e. The van der Waals surface area contributed by atoms with E-state index in [-0.39, 0.29) is 10.7 Å². The van der Waals surface area contributed by atoms with Gasteiger partial charge in [0.1, 0.15) is 5.82 Å². The average Bonchev–Trinajstić information content (AvgIpc) is 3.04. The van der Waals surface area contributed by atoms with Gasteiger partial charge in [0.25, 0.3) is 0 Å². The molecule has 0 aliphatic rings. The zero-order valence-electron chi connectivity index (χ0n) is 14.1.